The quantitative estimate of drug-likeness (QED) is 0.807. The van der Waals surface area contributed by atoms with Crippen molar-refractivity contribution < 1.29 is 4.74 Å². The molecule has 0 aromatic carbocycles. The topological polar surface area (TPSA) is 34.1 Å². The first kappa shape index (κ1) is 12.0. The fourth-order valence-electron chi connectivity index (χ4n) is 1.21. The monoisotopic (exact) mass is 208 g/mol. The summed E-state index contributed by atoms with van der Waals surface area (Å²) in [6.07, 6.45) is 3.01. The molecule has 0 aliphatic rings. The highest BCUT2D eigenvalue weighted by Gasteiger charge is 2.06. The maximum atomic E-state index is 5.66. The van der Waals surface area contributed by atoms with Crippen LogP contribution in [-0.4, -0.2) is 18.1 Å². The predicted molar refractivity (Wildman–Crippen MR) is 62.1 cm³/mol. The van der Waals surface area contributed by atoms with Gasteiger partial charge in [-0.15, -0.1) is 0 Å². The molecule has 2 atom stereocenters. The van der Waals surface area contributed by atoms with Gasteiger partial charge in [-0.2, -0.15) is 0 Å². The number of ether oxygens (including phenoxy) is 1. The maximum Gasteiger partial charge on any atom is 0.213 e. The second-order valence-corrected chi connectivity index (χ2v) is 3.77. The Labute approximate surface area is 91.9 Å². The van der Waals surface area contributed by atoms with Crippen molar-refractivity contribution in [1.82, 2.24) is 10.3 Å². The molecule has 0 saturated carbocycles. The van der Waals surface area contributed by atoms with Gasteiger partial charge in [0.25, 0.3) is 0 Å². The summed E-state index contributed by atoms with van der Waals surface area (Å²) < 4.78 is 5.66. The van der Waals surface area contributed by atoms with Crippen molar-refractivity contribution in [2.45, 2.75) is 39.3 Å². The normalized spacial score (nSPS) is 14.7. The minimum absolute atomic E-state index is 0.220. The van der Waals surface area contributed by atoms with Gasteiger partial charge in [0.2, 0.25) is 5.88 Å². The summed E-state index contributed by atoms with van der Waals surface area (Å²) in [5.41, 5.74) is 1.20. The fraction of sp³-hybridized carbons (Fsp3) is 0.583. The number of pyridine rings is 1. The van der Waals surface area contributed by atoms with Crippen molar-refractivity contribution in [1.29, 1.82) is 0 Å². The first-order valence-corrected chi connectivity index (χ1v) is 5.47. The summed E-state index contributed by atoms with van der Waals surface area (Å²) in [6.45, 7) is 6.27. The first-order chi connectivity index (χ1) is 7.17. The molecule has 1 N–H and O–H groups in total. The van der Waals surface area contributed by atoms with Gasteiger partial charge in [0.15, 0.2) is 0 Å². The molecule has 1 rings (SSSR count). The van der Waals surface area contributed by atoms with Crippen LogP contribution in [0.2, 0.25) is 0 Å². The van der Waals surface area contributed by atoms with E-state index in [1.165, 1.54) is 5.56 Å². The Morgan fingerprint density at radius 3 is 2.80 bits per heavy atom. The Bertz CT molecular complexity index is 301. The lowest BCUT2D eigenvalue weighted by atomic mass is 10.1. The van der Waals surface area contributed by atoms with Crippen LogP contribution in [0, 0.1) is 0 Å². The van der Waals surface area contributed by atoms with Gasteiger partial charge >= 0.3 is 0 Å². The molecule has 1 aromatic rings. The molecule has 1 heterocycles. The summed E-state index contributed by atoms with van der Waals surface area (Å²) in [5.74, 6) is 0.712. The largest absolute Gasteiger partial charge is 0.475 e. The van der Waals surface area contributed by atoms with Crippen molar-refractivity contribution in [3.8, 4) is 5.88 Å². The van der Waals surface area contributed by atoms with Gasteiger partial charge < -0.3 is 10.1 Å². The zero-order valence-electron chi connectivity index (χ0n) is 9.95. The third-order valence-electron chi connectivity index (χ3n) is 2.59. The van der Waals surface area contributed by atoms with Gasteiger partial charge in [-0.05, 0) is 38.9 Å². The van der Waals surface area contributed by atoms with Gasteiger partial charge in [-0.25, -0.2) is 4.98 Å². The molecule has 0 radical (unpaired) electrons. The van der Waals surface area contributed by atoms with Crippen molar-refractivity contribution in [2.75, 3.05) is 7.05 Å². The van der Waals surface area contributed by atoms with E-state index in [9.17, 15) is 0 Å². The number of hydrogen-bond donors (Lipinski definition) is 1. The number of nitrogens with one attached hydrogen (secondary N) is 1. The highest BCUT2D eigenvalue weighted by Crippen LogP contribution is 2.17. The summed E-state index contributed by atoms with van der Waals surface area (Å²) in [6, 6.07) is 4.32. The highest BCUT2D eigenvalue weighted by atomic mass is 16.5. The van der Waals surface area contributed by atoms with Gasteiger partial charge in [-0.3, -0.25) is 0 Å². The van der Waals surface area contributed by atoms with Crippen molar-refractivity contribution in [3.05, 3.63) is 23.9 Å². The van der Waals surface area contributed by atoms with Crippen LogP contribution >= 0.6 is 0 Å². The lowest BCUT2D eigenvalue weighted by molar-refractivity contribution is 0.208. The first-order valence-electron chi connectivity index (χ1n) is 5.47. The van der Waals surface area contributed by atoms with Crippen molar-refractivity contribution in [2.24, 2.45) is 0 Å². The molecular weight excluding hydrogens is 188 g/mol. The van der Waals surface area contributed by atoms with E-state index in [-0.39, 0.29) is 6.10 Å². The average molecular weight is 208 g/mol. The molecule has 0 bridgehead atoms. The number of hydrogen-bond acceptors (Lipinski definition) is 3. The van der Waals surface area contributed by atoms with E-state index in [1.807, 2.05) is 19.2 Å². The third kappa shape index (κ3) is 3.51. The van der Waals surface area contributed by atoms with Gasteiger partial charge in [0, 0.05) is 18.3 Å². The van der Waals surface area contributed by atoms with Crippen LogP contribution in [0.15, 0.2) is 18.3 Å². The molecule has 0 amide bonds. The number of aromatic nitrogens is 1. The molecule has 3 nitrogen and oxygen atoms in total. The lowest BCUT2D eigenvalue weighted by Gasteiger charge is -2.14. The molecule has 3 heteroatoms. The molecule has 0 aliphatic heterocycles. The van der Waals surface area contributed by atoms with Crippen LogP contribution in [0.25, 0.3) is 0 Å². The Hall–Kier alpha value is -1.09. The van der Waals surface area contributed by atoms with E-state index in [0.717, 1.165) is 6.42 Å². The minimum atomic E-state index is 0.220. The van der Waals surface area contributed by atoms with Crippen LogP contribution in [-0.2, 0) is 0 Å². The van der Waals surface area contributed by atoms with E-state index < -0.39 is 0 Å². The Morgan fingerprint density at radius 2 is 2.20 bits per heavy atom. The Balaban J connectivity index is 2.74. The molecule has 2 unspecified atom stereocenters. The zero-order valence-corrected chi connectivity index (χ0v) is 9.95. The second-order valence-electron chi connectivity index (χ2n) is 3.77. The minimum Gasteiger partial charge on any atom is -0.475 e. The summed E-state index contributed by atoms with van der Waals surface area (Å²) in [7, 11) is 1.94. The van der Waals surface area contributed by atoms with Crippen LogP contribution in [0.4, 0.5) is 0 Å². The summed E-state index contributed by atoms with van der Waals surface area (Å²) in [4.78, 5) is 4.19. The third-order valence-corrected chi connectivity index (χ3v) is 2.59. The molecular formula is C12H20N2O. The number of nitrogens with zero attached hydrogens (tertiary/aromatic N) is 1. The summed E-state index contributed by atoms with van der Waals surface area (Å²) in [5, 5.41) is 3.19. The standard InChI is InChI=1S/C12H20N2O/c1-5-9(2)15-12-8-11(6-7-14-12)10(3)13-4/h6-10,13H,5H2,1-4H3. The van der Waals surface area contributed by atoms with Crippen LogP contribution < -0.4 is 10.1 Å². The van der Waals surface area contributed by atoms with E-state index in [2.05, 4.69) is 31.1 Å². The predicted octanol–water partition coefficient (Wildman–Crippen LogP) is 2.54. The average Bonchev–Trinajstić information content (AvgIpc) is 2.28. The highest BCUT2D eigenvalue weighted by molar-refractivity contribution is 5.23. The van der Waals surface area contributed by atoms with Crippen LogP contribution in [0.1, 0.15) is 38.8 Å². The van der Waals surface area contributed by atoms with Gasteiger partial charge in [-0.1, -0.05) is 6.92 Å². The Kier molecular flexibility index (Phi) is 4.56. The fourth-order valence-corrected chi connectivity index (χ4v) is 1.21. The zero-order chi connectivity index (χ0) is 11.3. The molecule has 0 saturated heterocycles. The lowest BCUT2D eigenvalue weighted by Crippen LogP contribution is -2.14. The molecule has 0 spiro atoms. The molecule has 0 aliphatic carbocycles. The van der Waals surface area contributed by atoms with Crippen LogP contribution in [0.3, 0.4) is 0 Å². The molecule has 1 aromatic heterocycles. The molecule has 84 valence electrons. The Morgan fingerprint density at radius 1 is 1.47 bits per heavy atom. The van der Waals surface area contributed by atoms with Crippen molar-refractivity contribution >= 4 is 0 Å². The maximum absolute atomic E-state index is 5.66. The van der Waals surface area contributed by atoms with Crippen molar-refractivity contribution in [3.63, 3.8) is 0 Å². The summed E-state index contributed by atoms with van der Waals surface area (Å²) >= 11 is 0. The van der Waals surface area contributed by atoms with Gasteiger partial charge in [0.05, 0.1) is 6.10 Å². The van der Waals surface area contributed by atoms with E-state index in [0.29, 0.717) is 11.9 Å². The van der Waals surface area contributed by atoms with E-state index >= 15 is 0 Å². The molecule has 15 heavy (non-hydrogen) atoms. The number of rotatable bonds is 5. The van der Waals surface area contributed by atoms with Gasteiger partial charge in [0.1, 0.15) is 0 Å². The molecule has 0 fully saturated rings. The van der Waals surface area contributed by atoms with Crippen LogP contribution in [0.5, 0.6) is 5.88 Å². The SMILES string of the molecule is CCC(C)Oc1cc(C(C)NC)ccn1. The smallest absolute Gasteiger partial charge is 0.213 e. The van der Waals surface area contributed by atoms with E-state index in [4.69, 9.17) is 4.74 Å². The second kappa shape index (κ2) is 5.71. The van der Waals surface area contributed by atoms with E-state index in [1.54, 1.807) is 6.20 Å².